The van der Waals surface area contributed by atoms with Gasteiger partial charge < -0.3 is 0 Å². The zero-order chi connectivity index (χ0) is 12.2. The quantitative estimate of drug-likeness (QED) is 0.627. The Balaban J connectivity index is 2.94. The topological polar surface area (TPSA) is 63.2 Å². The number of hydrogen-bond donors (Lipinski definition) is 1. The molecule has 1 aromatic carbocycles. The Hall–Kier alpha value is -1.36. The van der Waals surface area contributed by atoms with E-state index in [1.165, 1.54) is 0 Å². The summed E-state index contributed by atoms with van der Waals surface area (Å²) in [5.74, 6) is -1.16. The van der Waals surface area contributed by atoms with Gasteiger partial charge in [-0.1, -0.05) is 12.1 Å². The van der Waals surface area contributed by atoms with Crippen molar-refractivity contribution in [3.8, 4) is 0 Å². The van der Waals surface area contributed by atoms with Gasteiger partial charge in [-0.25, -0.2) is 13.1 Å². The Morgan fingerprint density at radius 1 is 1.50 bits per heavy atom. The number of carbonyl (C=O) groups excluding carboxylic acids is 1. The largest absolute Gasteiger partial charge is 0.268 e. The molecule has 0 saturated carbocycles. The summed E-state index contributed by atoms with van der Waals surface area (Å²) in [6.07, 6.45) is 0. The highest BCUT2D eigenvalue weighted by molar-refractivity contribution is 7.90. The van der Waals surface area contributed by atoms with Gasteiger partial charge in [0.15, 0.2) is 1.41 Å². The summed E-state index contributed by atoms with van der Waals surface area (Å²) in [5, 5.41) is 0. The van der Waals surface area contributed by atoms with E-state index in [-0.39, 0.29) is 4.72 Å². The van der Waals surface area contributed by atoms with Crippen molar-refractivity contribution in [1.82, 2.24) is 4.72 Å². The number of rotatable bonds is 0. The molecule has 0 spiro atoms. The van der Waals surface area contributed by atoms with E-state index in [9.17, 15) is 13.2 Å². The molecule has 5 heteroatoms. The fourth-order valence-electron chi connectivity index (χ4n) is 0.900. The Morgan fingerprint density at radius 2 is 2.25 bits per heavy atom. The number of sulfonamides is 1. The van der Waals surface area contributed by atoms with Crippen LogP contribution < -0.4 is 4.72 Å². The second-order valence-electron chi connectivity index (χ2n) is 2.15. The fraction of sp³-hybridized carbons (Fsp3) is 0. The summed E-state index contributed by atoms with van der Waals surface area (Å²) >= 11 is 0. The molecule has 0 aliphatic carbocycles. The first-order chi connectivity index (χ1) is 7.28. The monoisotopic (exact) mass is 187 g/mol. The Labute approximate surface area is 74.9 Å². The van der Waals surface area contributed by atoms with Gasteiger partial charge in [0.25, 0.3) is 15.9 Å². The number of carbonyl (C=O) groups is 1. The zero-order valence-electron chi connectivity index (χ0n) is 9.66. The van der Waals surface area contributed by atoms with Crippen LogP contribution in [0.25, 0.3) is 0 Å². The second kappa shape index (κ2) is 2.07. The van der Waals surface area contributed by atoms with E-state index in [1.807, 2.05) is 0 Å². The minimum Gasteiger partial charge on any atom is -0.268 e. The third-order valence-corrected chi connectivity index (χ3v) is 2.69. The van der Waals surface area contributed by atoms with Gasteiger partial charge in [0.2, 0.25) is 0 Å². The molecule has 1 amide bonds. The lowest BCUT2D eigenvalue weighted by Crippen LogP contribution is -2.20. The highest BCUT2D eigenvalue weighted by Crippen LogP contribution is 2.20. The molecule has 1 aliphatic heterocycles. The maximum Gasteiger partial charge on any atom is 0.266 e. The van der Waals surface area contributed by atoms with Crippen molar-refractivity contribution in [2.24, 2.45) is 0 Å². The van der Waals surface area contributed by atoms with Gasteiger partial charge in [-0.2, -0.15) is 0 Å². The minimum absolute atomic E-state index is 0.228. The first kappa shape index (κ1) is 4.04. The molecule has 0 aromatic heterocycles. The van der Waals surface area contributed by atoms with E-state index in [0.717, 1.165) is 6.07 Å². The van der Waals surface area contributed by atoms with Crippen molar-refractivity contribution in [1.29, 1.82) is 0 Å². The van der Waals surface area contributed by atoms with Crippen LogP contribution in [-0.4, -0.2) is 14.3 Å². The van der Waals surface area contributed by atoms with E-state index in [2.05, 4.69) is 0 Å². The molecule has 0 saturated heterocycles. The SMILES string of the molecule is [2H]c1cc2c(c([2H])c1[2H])C(=O)N([2H])S2(=O)=O. The molecule has 0 unspecified atom stereocenters. The molecule has 1 aliphatic rings. The van der Waals surface area contributed by atoms with Crippen LogP contribution in [0.4, 0.5) is 0 Å². The Bertz CT molecular complexity index is 613. The average molecular weight is 187 g/mol. The summed E-state index contributed by atoms with van der Waals surface area (Å²) < 4.78 is 51.8. The first-order valence-electron chi connectivity index (χ1n) is 4.92. The zero-order valence-corrected chi connectivity index (χ0v) is 6.47. The van der Waals surface area contributed by atoms with Crippen LogP contribution in [0, 0.1) is 0 Å². The van der Waals surface area contributed by atoms with Gasteiger partial charge in [0.1, 0.15) is 4.90 Å². The van der Waals surface area contributed by atoms with E-state index in [1.54, 1.807) is 0 Å². The number of nitrogens with one attached hydrogen (secondary N) is 1. The van der Waals surface area contributed by atoms with E-state index >= 15 is 0 Å². The Morgan fingerprint density at radius 3 is 3.00 bits per heavy atom. The lowest BCUT2D eigenvalue weighted by atomic mass is 10.2. The molecule has 1 aromatic rings. The molecule has 0 fully saturated rings. The van der Waals surface area contributed by atoms with Gasteiger partial charge in [-0.15, -0.1) is 0 Å². The third kappa shape index (κ3) is 0.831. The van der Waals surface area contributed by atoms with E-state index < -0.39 is 44.5 Å². The van der Waals surface area contributed by atoms with Crippen LogP contribution in [0.3, 0.4) is 0 Å². The molecular weight excluding hydrogens is 178 g/mol. The smallest absolute Gasteiger partial charge is 0.266 e. The molecule has 0 atom stereocenters. The molecule has 4 nitrogen and oxygen atoms in total. The highest BCUT2D eigenvalue weighted by Gasteiger charge is 2.31. The predicted molar refractivity (Wildman–Crippen MR) is 41.1 cm³/mol. The van der Waals surface area contributed by atoms with Crippen LogP contribution in [-0.2, 0) is 10.0 Å². The molecule has 2 rings (SSSR count). The molecule has 0 radical (unpaired) electrons. The number of amides is 1. The van der Waals surface area contributed by atoms with Crippen LogP contribution >= 0.6 is 0 Å². The van der Waals surface area contributed by atoms with Crippen molar-refractivity contribution in [2.75, 3.05) is 0 Å². The summed E-state index contributed by atoms with van der Waals surface area (Å²) in [4.78, 5) is 10.8. The molecule has 1 heterocycles. The maximum atomic E-state index is 11.5. The summed E-state index contributed by atoms with van der Waals surface area (Å²) in [6.45, 7) is 0. The van der Waals surface area contributed by atoms with Crippen molar-refractivity contribution >= 4 is 15.9 Å². The van der Waals surface area contributed by atoms with E-state index in [0.29, 0.717) is 0 Å². The van der Waals surface area contributed by atoms with Gasteiger partial charge in [0, 0.05) is 0 Å². The number of hydrogen-bond acceptors (Lipinski definition) is 3. The number of benzene rings is 1. The molecular formula is C7H5NO3S. The van der Waals surface area contributed by atoms with Crippen LogP contribution in [0.2, 0.25) is 1.41 Å². The lowest BCUT2D eigenvalue weighted by molar-refractivity contribution is 0.0985. The predicted octanol–water partition coefficient (Wildman–Crippen LogP) is 0.119. The Kier molecular flexibility index (Phi) is 0.698. The fourth-order valence-corrected chi connectivity index (χ4v) is 1.91. The minimum atomic E-state index is -4.27. The van der Waals surface area contributed by atoms with E-state index in [4.69, 9.17) is 5.52 Å². The highest BCUT2D eigenvalue weighted by atomic mass is 32.2. The normalized spacial score (nSPS) is 24.0. The van der Waals surface area contributed by atoms with Gasteiger partial charge >= 0.3 is 0 Å². The number of fused-ring (bicyclic) bond motifs is 1. The van der Waals surface area contributed by atoms with Crippen molar-refractivity contribution < 1.29 is 18.7 Å². The maximum absolute atomic E-state index is 11.5. The van der Waals surface area contributed by atoms with Crippen LogP contribution in [0.5, 0.6) is 0 Å². The molecule has 1 N–H and O–H groups in total. The third-order valence-electron chi connectivity index (χ3n) is 1.40. The summed E-state index contributed by atoms with van der Waals surface area (Å²) in [7, 11) is -4.27. The lowest BCUT2D eigenvalue weighted by Gasteiger charge is -1.91. The second-order valence-corrected chi connectivity index (χ2v) is 3.72. The van der Waals surface area contributed by atoms with Gasteiger partial charge in [-0.3, -0.25) is 4.79 Å². The first-order valence-corrected chi connectivity index (χ1v) is 4.42. The van der Waals surface area contributed by atoms with Crippen molar-refractivity contribution in [2.45, 2.75) is 4.90 Å². The molecule has 0 bridgehead atoms. The van der Waals surface area contributed by atoms with Crippen LogP contribution in [0.1, 0.15) is 14.5 Å². The molecule has 12 heavy (non-hydrogen) atoms. The molecule has 62 valence electrons. The van der Waals surface area contributed by atoms with Crippen molar-refractivity contribution in [3.63, 3.8) is 0 Å². The van der Waals surface area contributed by atoms with Crippen molar-refractivity contribution in [3.05, 3.63) is 29.8 Å². The standard InChI is InChI=1S/C7H5NO3S/c9-7-5-3-1-2-4-6(5)12(10,11)8-7/h1-4H,(H,8,9)/i1D,2D,3D/hD. The van der Waals surface area contributed by atoms with Gasteiger partial charge in [0.05, 0.1) is 9.68 Å². The average Bonchev–Trinajstić information content (AvgIpc) is 2.37. The summed E-state index contributed by atoms with van der Waals surface area (Å²) in [6, 6.07) is -0.809. The van der Waals surface area contributed by atoms with Crippen LogP contribution in [0.15, 0.2) is 29.1 Å². The van der Waals surface area contributed by atoms with Gasteiger partial charge in [-0.05, 0) is 12.1 Å². The summed E-state index contributed by atoms with van der Waals surface area (Å²) in [5.41, 5.74) is -0.504.